The highest BCUT2D eigenvalue weighted by molar-refractivity contribution is 14.0. The van der Waals surface area contributed by atoms with Crippen molar-refractivity contribution < 1.29 is 0 Å². The number of aryl methyl sites for hydroxylation is 2. The normalized spacial score (nSPS) is 15.2. The van der Waals surface area contributed by atoms with Crippen molar-refractivity contribution in [3.8, 4) is 0 Å². The van der Waals surface area contributed by atoms with Crippen LogP contribution in [0.15, 0.2) is 23.3 Å². The van der Waals surface area contributed by atoms with E-state index in [9.17, 15) is 0 Å². The molecule has 3 heterocycles. The molecule has 1 aliphatic heterocycles. The third-order valence-corrected chi connectivity index (χ3v) is 5.13. The van der Waals surface area contributed by atoms with Crippen LogP contribution in [0.5, 0.6) is 0 Å². The SMILES string of the molecule is CCc1nsc(N2CCN(C(=NC)NCc3cccn3C)CC2)n1.I. The summed E-state index contributed by atoms with van der Waals surface area (Å²) in [7, 11) is 3.91. The fraction of sp³-hybridized carbons (Fsp3) is 0.562. The highest BCUT2D eigenvalue weighted by atomic mass is 127. The molecule has 2 aromatic heterocycles. The molecule has 0 amide bonds. The van der Waals surface area contributed by atoms with Crippen molar-refractivity contribution in [2.75, 3.05) is 38.1 Å². The van der Waals surface area contributed by atoms with E-state index in [1.54, 1.807) is 0 Å². The van der Waals surface area contributed by atoms with Crippen LogP contribution >= 0.6 is 35.5 Å². The van der Waals surface area contributed by atoms with Gasteiger partial charge in [-0.15, -0.1) is 24.0 Å². The molecule has 9 heteroatoms. The number of piperazine rings is 1. The summed E-state index contributed by atoms with van der Waals surface area (Å²) in [5.41, 5.74) is 1.25. The second kappa shape index (κ2) is 9.37. The minimum atomic E-state index is 0. The van der Waals surface area contributed by atoms with Crippen LogP contribution in [-0.2, 0) is 20.0 Å². The van der Waals surface area contributed by atoms with E-state index in [1.807, 2.05) is 7.05 Å². The number of guanidine groups is 1. The predicted molar refractivity (Wildman–Crippen MR) is 114 cm³/mol. The molecule has 0 aromatic carbocycles. The lowest BCUT2D eigenvalue weighted by Gasteiger charge is -2.36. The third kappa shape index (κ3) is 4.84. The van der Waals surface area contributed by atoms with Gasteiger partial charge in [0.25, 0.3) is 0 Å². The summed E-state index contributed by atoms with van der Waals surface area (Å²) < 4.78 is 6.51. The Labute approximate surface area is 170 Å². The van der Waals surface area contributed by atoms with Crippen molar-refractivity contribution in [1.29, 1.82) is 0 Å². The van der Waals surface area contributed by atoms with Crippen LogP contribution in [0.3, 0.4) is 0 Å². The molecule has 0 radical (unpaired) electrons. The molecule has 0 bridgehead atoms. The number of rotatable bonds is 4. The molecule has 1 N–H and O–H groups in total. The molecular formula is C16H26IN7S. The number of hydrogen-bond donors (Lipinski definition) is 1. The van der Waals surface area contributed by atoms with E-state index >= 15 is 0 Å². The van der Waals surface area contributed by atoms with Gasteiger partial charge in [-0.1, -0.05) is 6.92 Å². The van der Waals surface area contributed by atoms with Gasteiger partial charge in [0.05, 0.1) is 6.54 Å². The third-order valence-electron chi connectivity index (χ3n) is 4.31. The molecule has 138 valence electrons. The van der Waals surface area contributed by atoms with Crippen molar-refractivity contribution in [1.82, 2.24) is 24.1 Å². The molecule has 0 saturated carbocycles. The van der Waals surface area contributed by atoms with E-state index in [4.69, 9.17) is 0 Å². The predicted octanol–water partition coefficient (Wildman–Crippen LogP) is 1.95. The van der Waals surface area contributed by atoms with Crippen molar-refractivity contribution in [3.63, 3.8) is 0 Å². The molecule has 7 nitrogen and oxygen atoms in total. The summed E-state index contributed by atoms with van der Waals surface area (Å²) in [4.78, 5) is 13.6. The fourth-order valence-electron chi connectivity index (χ4n) is 2.81. The maximum atomic E-state index is 4.59. The lowest BCUT2D eigenvalue weighted by molar-refractivity contribution is 0.372. The first kappa shape index (κ1) is 20.0. The maximum Gasteiger partial charge on any atom is 0.205 e. The Kier molecular flexibility index (Phi) is 7.48. The summed E-state index contributed by atoms with van der Waals surface area (Å²) in [6.45, 7) is 6.65. The van der Waals surface area contributed by atoms with Crippen molar-refractivity contribution >= 4 is 46.6 Å². The van der Waals surface area contributed by atoms with E-state index in [-0.39, 0.29) is 24.0 Å². The minimum absolute atomic E-state index is 0. The van der Waals surface area contributed by atoms with Crippen molar-refractivity contribution in [3.05, 3.63) is 29.8 Å². The molecule has 25 heavy (non-hydrogen) atoms. The summed E-state index contributed by atoms with van der Waals surface area (Å²) in [5, 5.41) is 4.50. The molecule has 1 aliphatic rings. The zero-order valence-corrected chi connectivity index (χ0v) is 18.1. The number of halogens is 1. The standard InChI is InChI=1S/C16H25N7S.HI/c1-4-14-19-16(24-20-14)23-10-8-22(9-11-23)15(17-2)18-12-13-6-5-7-21(13)3;/h5-7H,4,8-12H2,1-3H3,(H,17,18);1H. The average molecular weight is 475 g/mol. The molecule has 2 aromatic rings. The minimum Gasteiger partial charge on any atom is -0.353 e. The van der Waals surface area contributed by atoms with E-state index in [0.29, 0.717) is 0 Å². The number of anilines is 1. The van der Waals surface area contributed by atoms with Gasteiger partial charge in [-0.3, -0.25) is 4.99 Å². The quantitative estimate of drug-likeness (QED) is 0.416. The average Bonchev–Trinajstić information content (AvgIpc) is 3.25. The zero-order chi connectivity index (χ0) is 16.9. The Balaban J connectivity index is 0.00000225. The summed E-state index contributed by atoms with van der Waals surface area (Å²) in [6.07, 6.45) is 2.96. The van der Waals surface area contributed by atoms with Gasteiger partial charge in [0.15, 0.2) is 5.96 Å². The molecule has 0 atom stereocenters. The second-order valence-corrected chi connectivity index (χ2v) is 6.56. The monoisotopic (exact) mass is 475 g/mol. The van der Waals surface area contributed by atoms with Gasteiger partial charge >= 0.3 is 0 Å². The van der Waals surface area contributed by atoms with Crippen LogP contribution < -0.4 is 10.2 Å². The molecule has 1 fully saturated rings. The van der Waals surface area contributed by atoms with Crippen LogP contribution in [0, 0.1) is 0 Å². The topological polar surface area (TPSA) is 61.6 Å². The Morgan fingerprint density at radius 3 is 2.64 bits per heavy atom. The maximum absolute atomic E-state index is 4.59. The van der Waals surface area contributed by atoms with Gasteiger partial charge in [-0.25, -0.2) is 4.98 Å². The first-order valence-electron chi connectivity index (χ1n) is 8.34. The van der Waals surface area contributed by atoms with E-state index < -0.39 is 0 Å². The number of aliphatic imine (C=N–C) groups is 1. The van der Waals surface area contributed by atoms with Gasteiger partial charge in [0, 0.05) is 70.1 Å². The first-order chi connectivity index (χ1) is 11.7. The molecular weight excluding hydrogens is 449 g/mol. The fourth-order valence-corrected chi connectivity index (χ4v) is 3.61. The van der Waals surface area contributed by atoms with E-state index in [1.165, 1.54) is 17.2 Å². The summed E-state index contributed by atoms with van der Waals surface area (Å²) >= 11 is 1.50. The highest BCUT2D eigenvalue weighted by Gasteiger charge is 2.22. The molecule has 1 saturated heterocycles. The number of nitrogens with one attached hydrogen (secondary N) is 1. The Morgan fingerprint density at radius 1 is 1.32 bits per heavy atom. The number of nitrogens with zero attached hydrogens (tertiary/aromatic N) is 6. The smallest absolute Gasteiger partial charge is 0.205 e. The van der Waals surface area contributed by atoms with Crippen molar-refractivity contribution in [2.45, 2.75) is 19.9 Å². The summed E-state index contributed by atoms with van der Waals surface area (Å²) in [5.74, 6) is 1.90. The van der Waals surface area contributed by atoms with E-state index in [0.717, 1.165) is 56.1 Å². The van der Waals surface area contributed by atoms with Gasteiger partial charge in [0.2, 0.25) is 5.13 Å². The lowest BCUT2D eigenvalue weighted by atomic mass is 10.3. The largest absolute Gasteiger partial charge is 0.353 e. The van der Waals surface area contributed by atoms with Crippen LogP contribution in [0.1, 0.15) is 18.4 Å². The molecule has 0 unspecified atom stereocenters. The Morgan fingerprint density at radius 2 is 2.08 bits per heavy atom. The van der Waals surface area contributed by atoms with Crippen LogP contribution in [-0.4, -0.2) is 58.0 Å². The Hall–Kier alpha value is -1.36. The van der Waals surface area contributed by atoms with Gasteiger partial charge in [0.1, 0.15) is 5.82 Å². The summed E-state index contributed by atoms with van der Waals surface area (Å²) in [6, 6.07) is 4.18. The first-order valence-corrected chi connectivity index (χ1v) is 9.12. The Bertz CT molecular complexity index is 688. The lowest BCUT2D eigenvalue weighted by Crippen LogP contribution is -2.52. The molecule has 0 aliphatic carbocycles. The number of hydrogen-bond acceptors (Lipinski definition) is 5. The van der Waals surface area contributed by atoms with Gasteiger partial charge in [-0.05, 0) is 12.1 Å². The second-order valence-electron chi connectivity index (χ2n) is 5.83. The van der Waals surface area contributed by atoms with Gasteiger partial charge < -0.3 is 19.7 Å². The molecule has 0 spiro atoms. The highest BCUT2D eigenvalue weighted by Crippen LogP contribution is 2.19. The van der Waals surface area contributed by atoms with Crippen molar-refractivity contribution in [2.24, 2.45) is 12.0 Å². The van der Waals surface area contributed by atoms with Crippen LogP contribution in [0.2, 0.25) is 0 Å². The zero-order valence-electron chi connectivity index (χ0n) is 15.0. The van der Waals surface area contributed by atoms with Crippen LogP contribution in [0.4, 0.5) is 5.13 Å². The molecule has 3 rings (SSSR count). The number of aromatic nitrogens is 3. The van der Waals surface area contributed by atoms with Crippen LogP contribution in [0.25, 0.3) is 0 Å². The van der Waals surface area contributed by atoms with E-state index in [2.05, 4.69) is 66.3 Å². The van der Waals surface area contributed by atoms with Gasteiger partial charge in [-0.2, -0.15) is 4.37 Å².